The topological polar surface area (TPSA) is 20.3 Å². The van der Waals surface area contributed by atoms with Crippen LogP contribution in [0.3, 0.4) is 0 Å². The van der Waals surface area contributed by atoms with Crippen molar-refractivity contribution in [1.82, 2.24) is 4.90 Å². The van der Waals surface area contributed by atoms with Crippen LogP contribution in [0.5, 0.6) is 0 Å². The Morgan fingerprint density at radius 2 is 1.93 bits per heavy atom. The van der Waals surface area contributed by atoms with E-state index in [0.717, 1.165) is 30.4 Å². The highest BCUT2D eigenvalue weighted by molar-refractivity contribution is 9.10. The molecule has 0 unspecified atom stereocenters. The molecule has 1 aliphatic heterocycles. The van der Waals surface area contributed by atoms with Gasteiger partial charge in [0.05, 0.1) is 0 Å². The largest absolute Gasteiger partial charge is 0.352 e. The molecule has 0 fully saturated rings. The van der Waals surface area contributed by atoms with E-state index >= 15 is 0 Å². The summed E-state index contributed by atoms with van der Waals surface area (Å²) in [6, 6.07) is 6.28. The first-order valence-electron chi connectivity index (χ1n) is 4.98. The lowest BCUT2D eigenvalue weighted by Gasteiger charge is -2.18. The van der Waals surface area contributed by atoms with Crippen molar-refractivity contribution in [2.75, 3.05) is 13.1 Å². The first-order chi connectivity index (χ1) is 7.16. The van der Waals surface area contributed by atoms with Crippen LogP contribution in [0.1, 0.15) is 11.1 Å². The van der Waals surface area contributed by atoms with E-state index in [1.165, 1.54) is 11.1 Å². The van der Waals surface area contributed by atoms with Crippen LogP contribution in [0.15, 0.2) is 22.7 Å². The number of fused-ring (bicyclic) bond motifs is 1. The summed E-state index contributed by atoms with van der Waals surface area (Å²) >= 11 is 3.45. The van der Waals surface area contributed by atoms with Gasteiger partial charge in [-0.1, -0.05) is 22.0 Å². The number of hydrogen-bond acceptors (Lipinski definition) is 1. The van der Waals surface area contributed by atoms with E-state index in [1.54, 1.807) is 4.90 Å². The van der Waals surface area contributed by atoms with Gasteiger partial charge in [-0.05, 0) is 36.1 Å². The molecular weight excluding hydrogens is 253 g/mol. The molecule has 0 bridgehead atoms. The van der Waals surface area contributed by atoms with Crippen molar-refractivity contribution in [2.24, 2.45) is 0 Å². The van der Waals surface area contributed by atoms with Crippen LogP contribution in [0, 0.1) is 0 Å². The summed E-state index contributed by atoms with van der Waals surface area (Å²) in [7, 11) is 5.28. The van der Waals surface area contributed by atoms with Gasteiger partial charge in [0.15, 0.2) is 5.81 Å². The second-order valence-corrected chi connectivity index (χ2v) is 4.65. The molecule has 4 heteroatoms. The van der Waals surface area contributed by atoms with E-state index in [2.05, 4.69) is 28.1 Å². The number of carbonyl (C=O) groups excluding carboxylic acids is 1. The Morgan fingerprint density at radius 1 is 1.27 bits per heavy atom. The summed E-state index contributed by atoms with van der Waals surface area (Å²) in [6.45, 7) is 1.45. The molecule has 1 amide bonds. The van der Waals surface area contributed by atoms with Gasteiger partial charge in [-0.3, -0.25) is 4.79 Å². The second kappa shape index (κ2) is 4.39. The molecule has 1 aliphatic rings. The molecular formula is C11H11BBrNO. The lowest BCUT2D eigenvalue weighted by atomic mass is 10.0. The monoisotopic (exact) mass is 263 g/mol. The lowest BCUT2D eigenvalue weighted by molar-refractivity contribution is 0.224. The van der Waals surface area contributed by atoms with Crippen LogP contribution < -0.4 is 0 Å². The van der Waals surface area contributed by atoms with E-state index in [1.807, 2.05) is 6.07 Å². The molecule has 2 nitrogen and oxygen atoms in total. The third kappa shape index (κ3) is 2.43. The Bertz CT molecular complexity index is 394. The summed E-state index contributed by atoms with van der Waals surface area (Å²) in [6.07, 6.45) is 1.78. The summed E-state index contributed by atoms with van der Waals surface area (Å²) < 4.78 is 1.09. The van der Waals surface area contributed by atoms with Gasteiger partial charge in [0, 0.05) is 17.6 Å². The molecule has 0 N–H and O–H groups in total. The predicted octanol–water partition coefficient (Wildman–Crippen LogP) is 2.14. The van der Waals surface area contributed by atoms with Crippen molar-refractivity contribution >= 4 is 29.6 Å². The van der Waals surface area contributed by atoms with Gasteiger partial charge in [0.1, 0.15) is 0 Å². The SMILES string of the molecule is [B]C(=O)N1CCc2ccc(Br)cc2CC1. The van der Waals surface area contributed by atoms with Crippen LogP contribution in [0.2, 0.25) is 0 Å². The maximum atomic E-state index is 11.1. The zero-order chi connectivity index (χ0) is 10.8. The van der Waals surface area contributed by atoms with E-state index < -0.39 is 0 Å². The minimum atomic E-state index is -0.318. The Kier molecular flexibility index (Phi) is 3.15. The molecule has 0 atom stereocenters. The quantitative estimate of drug-likeness (QED) is 0.657. The van der Waals surface area contributed by atoms with Crippen molar-refractivity contribution < 1.29 is 4.79 Å². The number of nitrogens with zero attached hydrogens (tertiary/aromatic N) is 1. The van der Waals surface area contributed by atoms with Gasteiger partial charge in [-0.15, -0.1) is 0 Å². The molecule has 0 saturated carbocycles. The normalized spacial score (nSPS) is 15.7. The molecule has 0 spiro atoms. The molecule has 0 saturated heterocycles. The summed E-state index contributed by atoms with van der Waals surface area (Å²) in [4.78, 5) is 12.8. The van der Waals surface area contributed by atoms with Crippen LogP contribution >= 0.6 is 15.9 Å². The van der Waals surface area contributed by atoms with Crippen LogP contribution in [0.4, 0.5) is 4.79 Å². The average molecular weight is 264 g/mol. The number of halogens is 1. The smallest absolute Gasteiger partial charge is 0.200 e. The van der Waals surface area contributed by atoms with E-state index in [0.29, 0.717) is 0 Å². The Morgan fingerprint density at radius 3 is 2.60 bits per heavy atom. The predicted molar refractivity (Wildman–Crippen MR) is 64.3 cm³/mol. The maximum absolute atomic E-state index is 11.1. The fourth-order valence-corrected chi connectivity index (χ4v) is 2.32. The number of amides is 1. The molecule has 1 heterocycles. The summed E-state index contributed by atoms with van der Waals surface area (Å²) in [5.41, 5.74) is 2.63. The van der Waals surface area contributed by atoms with E-state index in [9.17, 15) is 4.79 Å². The van der Waals surface area contributed by atoms with Gasteiger partial charge in [-0.2, -0.15) is 0 Å². The molecule has 76 valence electrons. The van der Waals surface area contributed by atoms with Gasteiger partial charge in [0.2, 0.25) is 7.85 Å². The van der Waals surface area contributed by atoms with Gasteiger partial charge < -0.3 is 4.90 Å². The first kappa shape index (κ1) is 10.7. The van der Waals surface area contributed by atoms with E-state index in [4.69, 9.17) is 7.85 Å². The molecule has 0 aromatic heterocycles. The highest BCUT2D eigenvalue weighted by Crippen LogP contribution is 2.20. The van der Waals surface area contributed by atoms with Crippen LogP contribution in [-0.4, -0.2) is 31.6 Å². The van der Waals surface area contributed by atoms with Crippen LogP contribution in [0.25, 0.3) is 0 Å². The highest BCUT2D eigenvalue weighted by atomic mass is 79.9. The number of carbonyl (C=O) groups is 1. The fraction of sp³-hybridized carbons (Fsp3) is 0.364. The minimum Gasteiger partial charge on any atom is -0.352 e. The molecule has 2 rings (SSSR count). The standard InChI is InChI=1S/C11H11BBrNO/c12-11(15)14-5-3-8-1-2-10(13)7-9(8)4-6-14/h1-2,7H,3-6H2. The fourth-order valence-electron chi connectivity index (χ4n) is 1.91. The zero-order valence-electron chi connectivity index (χ0n) is 8.37. The third-order valence-corrected chi connectivity index (χ3v) is 3.28. The maximum Gasteiger partial charge on any atom is 0.200 e. The zero-order valence-corrected chi connectivity index (χ0v) is 9.96. The van der Waals surface area contributed by atoms with Crippen molar-refractivity contribution in [3.63, 3.8) is 0 Å². The Balaban J connectivity index is 2.21. The lowest BCUT2D eigenvalue weighted by Crippen LogP contribution is -2.32. The second-order valence-electron chi connectivity index (χ2n) is 3.74. The Labute approximate surface area is 99.2 Å². The molecule has 1 aromatic rings. The van der Waals surface area contributed by atoms with Crippen LogP contribution in [-0.2, 0) is 12.8 Å². The van der Waals surface area contributed by atoms with Crippen molar-refractivity contribution in [1.29, 1.82) is 0 Å². The Hall–Kier alpha value is -0.765. The van der Waals surface area contributed by atoms with Gasteiger partial charge in [-0.25, -0.2) is 0 Å². The van der Waals surface area contributed by atoms with Crippen molar-refractivity contribution in [3.8, 4) is 0 Å². The van der Waals surface area contributed by atoms with E-state index in [-0.39, 0.29) is 5.81 Å². The highest BCUT2D eigenvalue weighted by Gasteiger charge is 2.14. The number of hydrogen-bond donors (Lipinski definition) is 0. The van der Waals surface area contributed by atoms with Gasteiger partial charge in [0.25, 0.3) is 0 Å². The molecule has 2 radical (unpaired) electrons. The average Bonchev–Trinajstić information content (AvgIpc) is 2.39. The number of benzene rings is 1. The number of rotatable bonds is 0. The van der Waals surface area contributed by atoms with Crippen molar-refractivity contribution in [2.45, 2.75) is 12.8 Å². The third-order valence-electron chi connectivity index (χ3n) is 2.78. The minimum absolute atomic E-state index is 0.318. The molecule has 15 heavy (non-hydrogen) atoms. The molecule has 1 aromatic carbocycles. The van der Waals surface area contributed by atoms with Crippen molar-refractivity contribution in [3.05, 3.63) is 33.8 Å². The first-order valence-corrected chi connectivity index (χ1v) is 5.78. The summed E-state index contributed by atoms with van der Waals surface area (Å²) in [5, 5.41) is 0. The van der Waals surface area contributed by atoms with Gasteiger partial charge >= 0.3 is 0 Å². The summed E-state index contributed by atoms with van der Waals surface area (Å²) in [5.74, 6) is -0.318. The molecule has 0 aliphatic carbocycles.